The highest BCUT2D eigenvalue weighted by atomic mass is 35.5. The molecule has 0 aliphatic heterocycles. The van der Waals surface area contributed by atoms with Crippen molar-refractivity contribution < 1.29 is 9.53 Å². The van der Waals surface area contributed by atoms with Crippen LogP contribution in [0.5, 0.6) is 0 Å². The molecule has 0 aliphatic carbocycles. The zero-order chi connectivity index (χ0) is 21.3. The molecule has 0 bridgehead atoms. The zero-order valence-corrected chi connectivity index (χ0v) is 18.4. The van der Waals surface area contributed by atoms with Crippen molar-refractivity contribution in [3.63, 3.8) is 0 Å². The third-order valence-electron chi connectivity index (χ3n) is 3.95. The monoisotopic (exact) mass is 432 g/mol. The number of aromatic nitrogens is 4. The molecule has 0 saturated heterocycles. The SMILES string of the molecule is Cc1ccc2c(c1)nc(Cl)n2C(=O)OC(C)(C)C.Cc1ccc2nc(Cl)[nH]c2c1. The molecular weight excluding hydrogens is 411 g/mol. The fourth-order valence-electron chi connectivity index (χ4n) is 2.73. The van der Waals surface area contributed by atoms with E-state index in [-0.39, 0.29) is 5.28 Å². The Labute approximate surface area is 178 Å². The van der Waals surface area contributed by atoms with Crippen molar-refractivity contribution in [2.75, 3.05) is 0 Å². The standard InChI is InChI=1S/C13H15ClN2O2.C8H7ClN2/c1-8-5-6-10-9(7-8)15-11(14)16(10)12(17)18-13(2,3)4;1-5-2-3-6-7(4-5)11-8(9)10-6/h5-7H,1-4H3;2-4H,1H3,(H,10,11). The largest absolute Gasteiger partial charge is 0.443 e. The lowest BCUT2D eigenvalue weighted by Gasteiger charge is -2.19. The fraction of sp³-hybridized carbons (Fsp3) is 0.286. The molecule has 1 N–H and O–H groups in total. The summed E-state index contributed by atoms with van der Waals surface area (Å²) in [6.07, 6.45) is -0.515. The summed E-state index contributed by atoms with van der Waals surface area (Å²) in [6.45, 7) is 9.42. The van der Waals surface area contributed by atoms with Gasteiger partial charge in [-0.15, -0.1) is 0 Å². The summed E-state index contributed by atoms with van der Waals surface area (Å²) in [5.41, 5.74) is 4.95. The Balaban J connectivity index is 0.000000186. The lowest BCUT2D eigenvalue weighted by molar-refractivity contribution is 0.0544. The van der Waals surface area contributed by atoms with E-state index >= 15 is 0 Å². The predicted octanol–water partition coefficient (Wildman–Crippen LogP) is 6.31. The van der Waals surface area contributed by atoms with Gasteiger partial charge < -0.3 is 9.72 Å². The quantitative estimate of drug-likeness (QED) is 0.353. The van der Waals surface area contributed by atoms with E-state index in [1.165, 1.54) is 10.1 Å². The van der Waals surface area contributed by atoms with Crippen LogP contribution in [0.25, 0.3) is 22.1 Å². The summed E-state index contributed by atoms with van der Waals surface area (Å²) in [5, 5.41) is 0.565. The van der Waals surface area contributed by atoms with Crippen LogP contribution in [0, 0.1) is 13.8 Å². The van der Waals surface area contributed by atoms with E-state index in [4.69, 9.17) is 27.9 Å². The maximum absolute atomic E-state index is 12.1. The molecule has 0 atom stereocenters. The smallest absolute Gasteiger partial charge is 0.421 e. The molecule has 0 aliphatic rings. The highest BCUT2D eigenvalue weighted by Crippen LogP contribution is 2.22. The van der Waals surface area contributed by atoms with Gasteiger partial charge in [0.1, 0.15) is 5.60 Å². The lowest BCUT2D eigenvalue weighted by atomic mass is 10.2. The minimum atomic E-state index is -0.568. The minimum Gasteiger partial charge on any atom is -0.443 e. The number of rotatable bonds is 0. The van der Waals surface area contributed by atoms with Gasteiger partial charge >= 0.3 is 6.09 Å². The molecule has 0 amide bonds. The summed E-state index contributed by atoms with van der Waals surface area (Å²) < 4.78 is 6.58. The first-order valence-electron chi connectivity index (χ1n) is 9.03. The normalized spacial score (nSPS) is 11.4. The van der Waals surface area contributed by atoms with Gasteiger partial charge in [-0.1, -0.05) is 12.1 Å². The van der Waals surface area contributed by atoms with Gasteiger partial charge in [0, 0.05) is 0 Å². The van der Waals surface area contributed by atoms with Gasteiger partial charge in [0.05, 0.1) is 22.1 Å². The number of aromatic amines is 1. The molecule has 4 rings (SSSR count). The molecule has 2 heterocycles. The first kappa shape index (κ1) is 21.1. The summed E-state index contributed by atoms with van der Waals surface area (Å²) in [5.74, 6) is 0. The van der Waals surface area contributed by atoms with Crippen molar-refractivity contribution in [3.05, 3.63) is 58.1 Å². The number of carbonyl (C=O) groups excluding carboxylic acids is 1. The third kappa shape index (κ3) is 5.08. The van der Waals surface area contributed by atoms with Crippen LogP contribution in [0.15, 0.2) is 36.4 Å². The maximum Gasteiger partial charge on any atom is 0.421 e. The average molecular weight is 433 g/mol. The second-order valence-electron chi connectivity index (χ2n) is 7.74. The number of benzene rings is 2. The molecule has 6 nitrogen and oxygen atoms in total. The van der Waals surface area contributed by atoms with Gasteiger partial charge in [-0.2, -0.15) is 0 Å². The molecule has 2 aromatic heterocycles. The van der Waals surface area contributed by atoms with Crippen LogP contribution >= 0.6 is 23.2 Å². The summed E-state index contributed by atoms with van der Waals surface area (Å²) in [4.78, 5) is 23.2. The van der Waals surface area contributed by atoms with Gasteiger partial charge in [-0.05, 0) is 93.2 Å². The van der Waals surface area contributed by atoms with Crippen LogP contribution in [0.1, 0.15) is 31.9 Å². The van der Waals surface area contributed by atoms with E-state index in [1.54, 1.807) is 0 Å². The predicted molar refractivity (Wildman–Crippen MR) is 117 cm³/mol. The molecule has 4 aromatic rings. The minimum absolute atomic E-state index is 0.116. The Hall–Kier alpha value is -2.57. The van der Waals surface area contributed by atoms with Crippen LogP contribution in [0.3, 0.4) is 0 Å². The number of imidazole rings is 2. The van der Waals surface area contributed by atoms with Crippen LogP contribution in [0.4, 0.5) is 4.79 Å². The molecule has 8 heteroatoms. The van der Waals surface area contributed by atoms with Gasteiger partial charge in [0.2, 0.25) is 10.6 Å². The first-order chi connectivity index (χ1) is 13.5. The number of H-pyrrole nitrogens is 1. The van der Waals surface area contributed by atoms with Crippen molar-refractivity contribution in [1.82, 2.24) is 19.5 Å². The van der Waals surface area contributed by atoms with E-state index in [1.807, 2.05) is 71.0 Å². The van der Waals surface area contributed by atoms with Gasteiger partial charge in [-0.3, -0.25) is 0 Å². The van der Waals surface area contributed by atoms with Gasteiger partial charge in [-0.25, -0.2) is 19.3 Å². The van der Waals surface area contributed by atoms with Crippen molar-refractivity contribution >= 4 is 51.4 Å². The summed E-state index contributed by atoms with van der Waals surface area (Å²) >= 11 is 11.7. The topological polar surface area (TPSA) is 72.8 Å². The van der Waals surface area contributed by atoms with E-state index in [2.05, 4.69) is 15.0 Å². The van der Waals surface area contributed by atoms with Crippen LogP contribution in [-0.2, 0) is 4.74 Å². The Morgan fingerprint density at radius 2 is 1.66 bits per heavy atom. The lowest BCUT2D eigenvalue weighted by Crippen LogP contribution is -2.27. The number of nitrogens with zero attached hydrogens (tertiary/aromatic N) is 3. The number of ether oxygens (including phenoxy) is 1. The Bertz CT molecular complexity index is 1190. The highest BCUT2D eigenvalue weighted by Gasteiger charge is 2.22. The molecule has 0 spiro atoms. The Morgan fingerprint density at radius 1 is 1.00 bits per heavy atom. The van der Waals surface area contributed by atoms with Crippen molar-refractivity contribution in [1.29, 1.82) is 0 Å². The number of aryl methyl sites for hydroxylation is 2. The molecule has 0 fully saturated rings. The Kier molecular flexibility index (Phi) is 5.87. The second kappa shape index (κ2) is 8.05. The number of hydrogen-bond donors (Lipinski definition) is 1. The van der Waals surface area contributed by atoms with Gasteiger partial charge in [0.15, 0.2) is 0 Å². The molecular formula is C21H22Cl2N4O2. The van der Waals surface area contributed by atoms with E-state index < -0.39 is 11.7 Å². The fourth-order valence-corrected chi connectivity index (χ4v) is 3.18. The zero-order valence-electron chi connectivity index (χ0n) is 16.9. The van der Waals surface area contributed by atoms with E-state index in [0.717, 1.165) is 16.6 Å². The second-order valence-corrected chi connectivity index (χ2v) is 8.43. The number of hydrogen-bond acceptors (Lipinski definition) is 4. The molecule has 0 unspecified atom stereocenters. The molecule has 2 aromatic carbocycles. The summed E-state index contributed by atoms with van der Waals surface area (Å²) in [7, 11) is 0. The number of fused-ring (bicyclic) bond motifs is 2. The summed E-state index contributed by atoms with van der Waals surface area (Å²) in [6, 6.07) is 11.6. The van der Waals surface area contributed by atoms with Gasteiger partial charge in [0.25, 0.3) is 0 Å². The first-order valence-corrected chi connectivity index (χ1v) is 9.79. The number of halogens is 2. The Morgan fingerprint density at radius 3 is 2.34 bits per heavy atom. The van der Waals surface area contributed by atoms with E-state index in [0.29, 0.717) is 16.3 Å². The van der Waals surface area contributed by atoms with Crippen LogP contribution in [0.2, 0.25) is 10.6 Å². The highest BCUT2D eigenvalue weighted by molar-refractivity contribution is 6.30. The molecule has 29 heavy (non-hydrogen) atoms. The number of carbonyl (C=O) groups is 1. The van der Waals surface area contributed by atoms with Crippen molar-refractivity contribution in [2.45, 2.75) is 40.2 Å². The van der Waals surface area contributed by atoms with E-state index in [9.17, 15) is 4.79 Å². The number of nitrogens with one attached hydrogen (secondary N) is 1. The third-order valence-corrected chi connectivity index (χ3v) is 4.39. The van der Waals surface area contributed by atoms with Crippen LogP contribution < -0.4 is 0 Å². The molecule has 0 saturated carbocycles. The van der Waals surface area contributed by atoms with Crippen molar-refractivity contribution in [3.8, 4) is 0 Å². The van der Waals surface area contributed by atoms with Crippen molar-refractivity contribution in [2.24, 2.45) is 0 Å². The maximum atomic E-state index is 12.1. The molecule has 0 radical (unpaired) electrons. The average Bonchev–Trinajstić information content (AvgIpc) is 3.10. The molecule has 152 valence electrons. The van der Waals surface area contributed by atoms with Crippen LogP contribution in [-0.4, -0.2) is 31.2 Å².